The predicted octanol–water partition coefficient (Wildman–Crippen LogP) is 3.25. The van der Waals surface area contributed by atoms with Crippen LogP contribution in [0.1, 0.15) is 0 Å². The van der Waals surface area contributed by atoms with Gasteiger partial charge in [0.2, 0.25) is 0 Å². The zero-order chi connectivity index (χ0) is 11.5. The van der Waals surface area contributed by atoms with Crippen LogP contribution in [0.5, 0.6) is 0 Å². The van der Waals surface area contributed by atoms with Crippen molar-refractivity contribution in [1.29, 1.82) is 0 Å². The van der Waals surface area contributed by atoms with Gasteiger partial charge in [-0.3, -0.25) is 0 Å². The van der Waals surface area contributed by atoms with Crippen molar-refractivity contribution in [2.24, 2.45) is 0 Å². The van der Waals surface area contributed by atoms with Crippen molar-refractivity contribution in [2.75, 3.05) is 7.11 Å². The van der Waals surface area contributed by atoms with Gasteiger partial charge in [0.05, 0.1) is 32.3 Å². The molecule has 0 aliphatic heterocycles. The lowest BCUT2D eigenvalue weighted by Gasteiger charge is -2.37. The second kappa shape index (κ2) is 7.11. The largest absolute Gasteiger partial charge is 0.400 e. The molecule has 0 amide bonds. The molecule has 0 heterocycles. The Bertz CT molecular complexity index is 110. The van der Waals surface area contributed by atoms with Crippen LogP contribution >= 0.6 is 69.6 Å². The Morgan fingerprint density at radius 3 is 0.643 bits per heavy atom. The van der Waals surface area contributed by atoms with Crippen molar-refractivity contribution in [2.45, 2.75) is 32.3 Å². The Hall–Kier alpha value is 1.70. The maximum absolute atomic E-state index is 7.00. The second-order valence-corrected chi connectivity index (χ2v) is 5.69. The molecular weight excluding hydrogens is 313 g/mol. The van der Waals surface area contributed by atoms with Gasteiger partial charge in [-0.05, 0) is 0 Å². The molecule has 7 heteroatoms. The van der Waals surface area contributed by atoms with Crippen molar-refractivity contribution in [3.05, 3.63) is 0 Å². The molecule has 0 aromatic heterocycles. The van der Waals surface area contributed by atoms with E-state index in [1.54, 1.807) is 0 Å². The number of halogens is 6. The highest BCUT2D eigenvalue weighted by Gasteiger charge is 2.46. The van der Waals surface area contributed by atoms with Gasteiger partial charge >= 0.3 is 0 Å². The molecule has 0 unspecified atom stereocenters. The van der Waals surface area contributed by atoms with Crippen molar-refractivity contribution in [3.8, 4) is 0 Å². The first kappa shape index (κ1) is 15.7. The Morgan fingerprint density at radius 1 is 0.500 bits per heavy atom. The third-order valence-corrected chi connectivity index (χ3v) is 5.86. The Labute approximate surface area is 114 Å². The minimum atomic E-state index is -0.437. The van der Waals surface area contributed by atoms with E-state index in [-0.39, 0.29) is 0 Å². The first-order valence-electron chi connectivity index (χ1n) is 3.76. The van der Waals surface area contributed by atoms with Crippen LogP contribution in [-0.4, -0.2) is 44.5 Å². The summed E-state index contributed by atoms with van der Waals surface area (Å²) in [7, 11) is 1.00. The smallest absolute Gasteiger partial charge is 0.0693 e. The SMILES string of the molecule is CO.ClC1C(Cl)C(Cl)C(Cl)C(Cl)C1Cl. The molecule has 0 bridgehead atoms. The predicted molar refractivity (Wildman–Crippen MR) is 66.0 cm³/mol. The first-order valence-corrected chi connectivity index (χ1v) is 6.38. The molecule has 0 aromatic rings. The molecule has 1 rings (SSSR count). The molecule has 86 valence electrons. The number of rotatable bonds is 0. The Kier molecular flexibility index (Phi) is 7.97. The number of aliphatic hydroxyl groups excluding tert-OH is 1. The first-order chi connectivity index (χ1) is 6.46. The van der Waals surface area contributed by atoms with Gasteiger partial charge in [-0.2, -0.15) is 0 Å². The average Bonchev–Trinajstić information content (AvgIpc) is 2.24. The molecular formula is C7H10Cl6O. The van der Waals surface area contributed by atoms with Crippen LogP contribution in [0, 0.1) is 0 Å². The van der Waals surface area contributed by atoms with Gasteiger partial charge in [0.15, 0.2) is 0 Å². The van der Waals surface area contributed by atoms with E-state index in [0.29, 0.717) is 0 Å². The van der Waals surface area contributed by atoms with Crippen LogP contribution in [0.25, 0.3) is 0 Å². The molecule has 1 fully saturated rings. The van der Waals surface area contributed by atoms with Gasteiger partial charge in [0.25, 0.3) is 0 Å². The van der Waals surface area contributed by atoms with Crippen molar-refractivity contribution < 1.29 is 5.11 Å². The highest BCUT2D eigenvalue weighted by Crippen LogP contribution is 2.39. The molecule has 0 atom stereocenters. The van der Waals surface area contributed by atoms with E-state index in [2.05, 4.69) is 0 Å². The molecule has 1 N–H and O–H groups in total. The Balaban J connectivity index is 0.000000791. The number of hydrogen-bond acceptors (Lipinski definition) is 1. The van der Waals surface area contributed by atoms with E-state index in [0.717, 1.165) is 7.11 Å². The molecule has 0 saturated heterocycles. The summed E-state index contributed by atoms with van der Waals surface area (Å²) in [6, 6.07) is 0. The quantitative estimate of drug-likeness (QED) is 0.679. The fourth-order valence-electron chi connectivity index (χ4n) is 1.05. The van der Waals surface area contributed by atoms with Crippen molar-refractivity contribution in [1.82, 2.24) is 0 Å². The normalized spacial score (nSPS) is 48.0. The van der Waals surface area contributed by atoms with Crippen LogP contribution in [-0.2, 0) is 0 Å². The second-order valence-electron chi connectivity index (χ2n) is 2.67. The molecule has 0 spiro atoms. The minimum Gasteiger partial charge on any atom is -0.400 e. The minimum absolute atomic E-state index is 0.437. The average molecular weight is 323 g/mol. The fraction of sp³-hybridized carbons (Fsp3) is 1.00. The summed E-state index contributed by atoms with van der Waals surface area (Å²) < 4.78 is 0. The fourth-order valence-corrected chi connectivity index (χ4v) is 3.38. The van der Waals surface area contributed by atoms with Crippen LogP contribution in [0.3, 0.4) is 0 Å². The standard InChI is InChI=1S/C6H6Cl6.CH4O/c7-1-2(8)4(10)6(12)5(11)3(1)9;1-2/h1-6H;2H,1H3. The number of aliphatic hydroxyl groups is 1. The summed E-state index contributed by atoms with van der Waals surface area (Å²) in [5.74, 6) is 0. The summed E-state index contributed by atoms with van der Waals surface area (Å²) in [4.78, 5) is 0. The van der Waals surface area contributed by atoms with Crippen molar-refractivity contribution >= 4 is 69.6 Å². The lowest BCUT2D eigenvalue weighted by molar-refractivity contribution is 0.399. The van der Waals surface area contributed by atoms with Gasteiger partial charge in [-0.25, -0.2) is 0 Å². The zero-order valence-corrected chi connectivity index (χ0v) is 11.7. The lowest BCUT2D eigenvalue weighted by atomic mass is 9.97. The summed E-state index contributed by atoms with van der Waals surface area (Å²) in [6.07, 6.45) is 0. The highest BCUT2D eigenvalue weighted by atomic mass is 35.5. The van der Waals surface area contributed by atoms with Crippen LogP contribution in [0.4, 0.5) is 0 Å². The molecule has 1 saturated carbocycles. The van der Waals surface area contributed by atoms with E-state index >= 15 is 0 Å². The van der Waals surface area contributed by atoms with Crippen molar-refractivity contribution in [3.63, 3.8) is 0 Å². The summed E-state index contributed by atoms with van der Waals surface area (Å²) in [5, 5.41) is 4.38. The van der Waals surface area contributed by atoms with Crippen LogP contribution in [0.15, 0.2) is 0 Å². The molecule has 1 aliphatic carbocycles. The van der Waals surface area contributed by atoms with Gasteiger partial charge in [0.1, 0.15) is 0 Å². The monoisotopic (exact) mass is 320 g/mol. The van der Waals surface area contributed by atoms with Gasteiger partial charge in [-0.15, -0.1) is 69.6 Å². The molecule has 14 heavy (non-hydrogen) atoms. The van der Waals surface area contributed by atoms with E-state index < -0.39 is 32.3 Å². The van der Waals surface area contributed by atoms with Crippen LogP contribution in [0.2, 0.25) is 0 Å². The van der Waals surface area contributed by atoms with E-state index in [1.807, 2.05) is 0 Å². The van der Waals surface area contributed by atoms with Gasteiger partial charge < -0.3 is 5.11 Å². The Morgan fingerprint density at radius 2 is 0.571 bits per heavy atom. The molecule has 1 nitrogen and oxygen atoms in total. The van der Waals surface area contributed by atoms with Crippen LogP contribution < -0.4 is 0 Å². The van der Waals surface area contributed by atoms with Gasteiger partial charge in [0, 0.05) is 7.11 Å². The molecule has 0 aromatic carbocycles. The topological polar surface area (TPSA) is 20.2 Å². The van der Waals surface area contributed by atoms with E-state index in [4.69, 9.17) is 74.7 Å². The summed E-state index contributed by atoms with van der Waals surface area (Å²) in [6.45, 7) is 0. The number of alkyl halides is 6. The summed E-state index contributed by atoms with van der Waals surface area (Å²) in [5.41, 5.74) is 0. The third-order valence-electron chi connectivity index (χ3n) is 1.83. The maximum Gasteiger partial charge on any atom is 0.0693 e. The van der Waals surface area contributed by atoms with E-state index in [1.165, 1.54) is 0 Å². The highest BCUT2D eigenvalue weighted by molar-refractivity contribution is 6.45. The molecule has 1 aliphatic rings. The molecule has 0 radical (unpaired) electrons. The third kappa shape index (κ3) is 3.35. The lowest BCUT2D eigenvalue weighted by Crippen LogP contribution is -2.52. The number of hydrogen-bond donors (Lipinski definition) is 1. The van der Waals surface area contributed by atoms with Gasteiger partial charge in [-0.1, -0.05) is 0 Å². The summed E-state index contributed by atoms with van der Waals surface area (Å²) >= 11 is 35.3. The van der Waals surface area contributed by atoms with E-state index in [9.17, 15) is 0 Å². The zero-order valence-electron chi connectivity index (χ0n) is 7.18. The maximum atomic E-state index is 7.00.